The number of aliphatic carboxylic acids is 1. The van der Waals surface area contributed by atoms with E-state index < -0.39 is 27.6 Å². The van der Waals surface area contributed by atoms with Gasteiger partial charge in [-0.15, -0.1) is 5.10 Å². The van der Waals surface area contributed by atoms with Crippen LogP contribution in [-0.4, -0.2) is 63.9 Å². The Morgan fingerprint density at radius 3 is 2.36 bits per heavy atom. The molecule has 186 valence electrons. The van der Waals surface area contributed by atoms with Gasteiger partial charge in [0.25, 0.3) is 5.56 Å². The molecule has 1 unspecified atom stereocenters. The van der Waals surface area contributed by atoms with Crippen LogP contribution in [0, 0.1) is 0 Å². The van der Waals surface area contributed by atoms with E-state index in [0.717, 1.165) is 15.2 Å². The van der Waals surface area contributed by atoms with Crippen LogP contribution in [0.3, 0.4) is 0 Å². The number of nitrogens with zero attached hydrogens (tertiary/aromatic N) is 6. The van der Waals surface area contributed by atoms with Crippen LogP contribution < -0.4 is 14.6 Å². The fourth-order valence-corrected chi connectivity index (χ4v) is 4.89. The molecule has 0 aliphatic rings. The Hall–Kier alpha value is -4.39. The van der Waals surface area contributed by atoms with E-state index in [1.165, 1.54) is 19.2 Å². The highest BCUT2D eigenvalue weighted by Gasteiger charge is 2.33. The number of rotatable bonds is 9. The van der Waals surface area contributed by atoms with Crippen LogP contribution in [0.15, 0.2) is 65.7 Å². The number of ether oxygens (including phenoxy) is 1. The van der Waals surface area contributed by atoms with Crippen LogP contribution in [0.4, 0.5) is 5.69 Å². The van der Waals surface area contributed by atoms with E-state index in [2.05, 4.69) is 20.3 Å². The SMILES string of the molecule is COc1ncc(-c2ccc(N(C(CCn3nnc4ccccc4c3=O)C(=O)O)S(C)(=O)=O)cc2)cn1. The molecular formula is C23H22N6O6S. The largest absolute Gasteiger partial charge is 0.480 e. The molecule has 1 atom stereocenters. The highest BCUT2D eigenvalue weighted by molar-refractivity contribution is 7.92. The number of benzene rings is 2. The van der Waals surface area contributed by atoms with Gasteiger partial charge >= 0.3 is 12.0 Å². The molecule has 0 amide bonds. The zero-order valence-corrected chi connectivity index (χ0v) is 20.2. The van der Waals surface area contributed by atoms with Gasteiger partial charge in [0.05, 0.1) is 24.4 Å². The number of sulfonamides is 1. The van der Waals surface area contributed by atoms with Crippen molar-refractivity contribution in [3.8, 4) is 17.1 Å². The zero-order valence-electron chi connectivity index (χ0n) is 19.3. The van der Waals surface area contributed by atoms with Crippen LogP contribution >= 0.6 is 0 Å². The first-order valence-corrected chi connectivity index (χ1v) is 12.5. The summed E-state index contributed by atoms with van der Waals surface area (Å²) in [7, 11) is -2.56. The van der Waals surface area contributed by atoms with E-state index in [-0.39, 0.29) is 24.7 Å². The molecule has 2 heterocycles. The molecule has 0 aliphatic carbocycles. The number of carbonyl (C=O) groups is 1. The molecule has 36 heavy (non-hydrogen) atoms. The fourth-order valence-electron chi connectivity index (χ4n) is 3.73. The van der Waals surface area contributed by atoms with Crippen molar-refractivity contribution in [1.82, 2.24) is 25.0 Å². The second-order valence-electron chi connectivity index (χ2n) is 7.84. The van der Waals surface area contributed by atoms with Gasteiger partial charge in [-0.2, -0.15) is 0 Å². The van der Waals surface area contributed by atoms with Crippen molar-refractivity contribution in [2.24, 2.45) is 0 Å². The summed E-state index contributed by atoms with van der Waals surface area (Å²) in [6.45, 7) is -0.152. The van der Waals surface area contributed by atoms with Crippen LogP contribution in [-0.2, 0) is 21.4 Å². The highest BCUT2D eigenvalue weighted by atomic mass is 32.2. The average molecular weight is 511 g/mol. The Balaban J connectivity index is 1.63. The molecule has 0 bridgehead atoms. The number of anilines is 1. The van der Waals surface area contributed by atoms with Gasteiger partial charge in [0.1, 0.15) is 11.6 Å². The summed E-state index contributed by atoms with van der Waals surface area (Å²) in [4.78, 5) is 33.0. The molecule has 2 aromatic heterocycles. The number of carboxylic acid groups (broad SMARTS) is 1. The molecule has 2 aromatic carbocycles. The minimum absolute atomic E-state index is 0.152. The molecule has 1 N–H and O–H groups in total. The number of aryl methyl sites for hydroxylation is 1. The third-order valence-electron chi connectivity index (χ3n) is 5.43. The quantitative estimate of drug-likeness (QED) is 0.350. The summed E-state index contributed by atoms with van der Waals surface area (Å²) >= 11 is 0. The number of hydrogen-bond acceptors (Lipinski definition) is 9. The van der Waals surface area contributed by atoms with Gasteiger partial charge < -0.3 is 9.84 Å². The lowest BCUT2D eigenvalue weighted by molar-refractivity contribution is -0.138. The van der Waals surface area contributed by atoms with Crippen molar-refractivity contribution in [2.75, 3.05) is 17.7 Å². The molecule has 4 rings (SSSR count). The molecule has 4 aromatic rings. The van der Waals surface area contributed by atoms with E-state index in [9.17, 15) is 23.1 Å². The number of methoxy groups -OCH3 is 1. The van der Waals surface area contributed by atoms with Crippen LogP contribution in [0.1, 0.15) is 6.42 Å². The van der Waals surface area contributed by atoms with Crippen LogP contribution in [0.25, 0.3) is 22.0 Å². The minimum atomic E-state index is -4.01. The van der Waals surface area contributed by atoms with Gasteiger partial charge in [0, 0.05) is 24.5 Å². The molecule has 0 aliphatic heterocycles. The third kappa shape index (κ3) is 5.15. The van der Waals surface area contributed by atoms with Crippen molar-refractivity contribution in [3.63, 3.8) is 0 Å². The molecule has 0 radical (unpaired) electrons. The number of carboxylic acids is 1. The predicted molar refractivity (Wildman–Crippen MR) is 131 cm³/mol. The molecule has 0 saturated heterocycles. The van der Waals surface area contributed by atoms with Gasteiger partial charge in [-0.1, -0.05) is 29.5 Å². The number of aromatic nitrogens is 5. The Morgan fingerprint density at radius 1 is 1.08 bits per heavy atom. The summed E-state index contributed by atoms with van der Waals surface area (Å²) in [5, 5.41) is 18.1. The number of fused-ring (bicyclic) bond motifs is 1. The molecular weight excluding hydrogens is 488 g/mol. The van der Waals surface area contributed by atoms with E-state index in [1.807, 2.05) is 0 Å². The maximum Gasteiger partial charge on any atom is 0.327 e. The van der Waals surface area contributed by atoms with Gasteiger partial charge in [0.2, 0.25) is 10.0 Å². The van der Waals surface area contributed by atoms with E-state index in [0.29, 0.717) is 22.0 Å². The van der Waals surface area contributed by atoms with Crippen LogP contribution in [0.5, 0.6) is 6.01 Å². The topological polar surface area (TPSA) is 157 Å². The smallest absolute Gasteiger partial charge is 0.327 e. The summed E-state index contributed by atoms with van der Waals surface area (Å²) < 4.78 is 32.2. The monoisotopic (exact) mass is 510 g/mol. The normalized spacial score (nSPS) is 12.3. The standard InChI is InChI=1S/C23H22N6O6S/c1-35-23-24-13-16(14-25-23)15-7-9-17(10-8-15)29(36(2,33)34)20(22(31)32)11-12-28-21(30)18-5-3-4-6-19(18)26-27-28/h3-10,13-14,20H,11-12H2,1-2H3,(H,31,32). The first-order valence-electron chi connectivity index (χ1n) is 10.7. The van der Waals surface area contributed by atoms with Crippen molar-refractivity contribution < 1.29 is 23.1 Å². The van der Waals surface area contributed by atoms with Gasteiger partial charge in [-0.25, -0.2) is 27.9 Å². The first kappa shape index (κ1) is 24.7. The molecule has 0 fully saturated rings. The second-order valence-corrected chi connectivity index (χ2v) is 9.70. The maximum atomic E-state index is 12.7. The predicted octanol–water partition coefficient (Wildman–Crippen LogP) is 1.57. The van der Waals surface area contributed by atoms with E-state index in [4.69, 9.17) is 4.74 Å². The Bertz CT molecular complexity index is 1560. The fraction of sp³-hybridized carbons (Fsp3) is 0.217. The summed E-state index contributed by atoms with van der Waals surface area (Å²) in [6.07, 6.45) is 3.81. The van der Waals surface area contributed by atoms with Crippen molar-refractivity contribution in [3.05, 3.63) is 71.3 Å². The maximum absolute atomic E-state index is 12.7. The second kappa shape index (κ2) is 10.1. The lowest BCUT2D eigenvalue weighted by Gasteiger charge is -2.29. The minimum Gasteiger partial charge on any atom is -0.480 e. The van der Waals surface area contributed by atoms with Crippen molar-refractivity contribution in [2.45, 2.75) is 19.0 Å². The first-order chi connectivity index (χ1) is 17.2. The summed E-state index contributed by atoms with van der Waals surface area (Å²) in [6, 6.07) is 11.6. The molecule has 13 heteroatoms. The lowest BCUT2D eigenvalue weighted by Crippen LogP contribution is -2.46. The Labute approximate surface area is 205 Å². The third-order valence-corrected chi connectivity index (χ3v) is 6.61. The van der Waals surface area contributed by atoms with Crippen LogP contribution in [0.2, 0.25) is 0 Å². The molecule has 0 spiro atoms. The summed E-state index contributed by atoms with van der Waals surface area (Å²) in [5.74, 6) is -1.37. The highest BCUT2D eigenvalue weighted by Crippen LogP contribution is 2.27. The van der Waals surface area contributed by atoms with Crippen molar-refractivity contribution in [1.29, 1.82) is 0 Å². The van der Waals surface area contributed by atoms with Gasteiger partial charge in [0.15, 0.2) is 0 Å². The molecule has 12 nitrogen and oxygen atoms in total. The van der Waals surface area contributed by atoms with E-state index >= 15 is 0 Å². The van der Waals surface area contributed by atoms with Crippen molar-refractivity contribution >= 4 is 32.6 Å². The zero-order chi connectivity index (χ0) is 25.9. The van der Waals surface area contributed by atoms with Gasteiger partial charge in [-0.05, 0) is 36.2 Å². The molecule has 0 saturated carbocycles. The Morgan fingerprint density at radius 2 is 1.75 bits per heavy atom. The average Bonchev–Trinajstić information content (AvgIpc) is 2.87. The van der Waals surface area contributed by atoms with E-state index in [1.54, 1.807) is 48.8 Å². The number of hydrogen-bond donors (Lipinski definition) is 1. The van der Waals surface area contributed by atoms with Gasteiger partial charge in [-0.3, -0.25) is 9.10 Å². The lowest BCUT2D eigenvalue weighted by atomic mass is 10.1. The summed E-state index contributed by atoms with van der Waals surface area (Å²) in [5.41, 5.74) is 1.48. The Kier molecular flexibility index (Phi) is 6.92.